The third kappa shape index (κ3) is 4.23. The van der Waals surface area contributed by atoms with Gasteiger partial charge in [-0.2, -0.15) is 0 Å². The maximum Gasteiger partial charge on any atom is 0.261 e. The first kappa shape index (κ1) is 20.6. The van der Waals surface area contributed by atoms with Crippen molar-refractivity contribution in [1.29, 1.82) is 0 Å². The van der Waals surface area contributed by atoms with E-state index >= 15 is 0 Å². The van der Waals surface area contributed by atoms with Crippen molar-refractivity contribution in [1.82, 2.24) is 4.98 Å². The second-order valence-electron chi connectivity index (χ2n) is 8.54. The Morgan fingerprint density at radius 2 is 1.78 bits per heavy atom. The van der Waals surface area contributed by atoms with Gasteiger partial charge in [0.2, 0.25) is 0 Å². The molecule has 5 rings (SSSR count). The highest BCUT2D eigenvalue weighted by molar-refractivity contribution is 7.92. The van der Waals surface area contributed by atoms with E-state index in [9.17, 15) is 13.2 Å². The zero-order valence-corrected chi connectivity index (χ0v) is 18.7. The molecule has 0 unspecified atom stereocenters. The third-order valence-corrected chi connectivity index (χ3v) is 7.35. The number of hydrogen-bond donors (Lipinski definition) is 1. The molecule has 1 saturated carbocycles. The monoisotopic (exact) mass is 444 g/mol. The van der Waals surface area contributed by atoms with Crippen LogP contribution in [-0.2, 0) is 27.7 Å². The van der Waals surface area contributed by atoms with Crippen LogP contribution < -0.4 is 4.72 Å². The lowest BCUT2D eigenvalue weighted by Crippen LogP contribution is -2.12. The number of allylic oxidation sites excluding steroid dienone is 1. The Hall–Kier alpha value is -3.25. The molecule has 0 aliphatic heterocycles. The van der Waals surface area contributed by atoms with E-state index in [2.05, 4.69) is 16.9 Å². The summed E-state index contributed by atoms with van der Waals surface area (Å²) in [6.07, 6.45) is 7.29. The summed E-state index contributed by atoms with van der Waals surface area (Å²) in [6, 6.07) is 16.1. The Morgan fingerprint density at radius 3 is 2.47 bits per heavy atom. The molecule has 6 heteroatoms. The number of ketones is 1. The molecule has 0 amide bonds. The molecule has 162 valence electrons. The fraction of sp³-hybridized carbons (Fsp3) is 0.231. The van der Waals surface area contributed by atoms with Crippen LogP contribution in [0, 0.1) is 12.8 Å². The minimum Gasteiger partial charge on any atom is -0.299 e. The van der Waals surface area contributed by atoms with E-state index in [0.717, 1.165) is 52.9 Å². The zero-order valence-electron chi connectivity index (χ0n) is 17.8. The third-order valence-electron chi connectivity index (χ3n) is 5.95. The second kappa shape index (κ2) is 8.02. The second-order valence-corrected chi connectivity index (χ2v) is 10.2. The molecule has 5 nitrogen and oxygen atoms in total. The van der Waals surface area contributed by atoms with E-state index in [1.54, 1.807) is 36.4 Å². The van der Waals surface area contributed by atoms with Gasteiger partial charge in [-0.15, -0.1) is 0 Å². The number of nitrogens with one attached hydrogen (secondary N) is 1. The molecule has 0 spiro atoms. The minimum atomic E-state index is -3.65. The molecule has 0 atom stereocenters. The molecule has 1 N–H and O–H groups in total. The van der Waals surface area contributed by atoms with Gasteiger partial charge in [0.05, 0.1) is 10.6 Å². The molecule has 1 aromatic heterocycles. The number of Topliss-reactive ketones (excluding diaryl/α,β-unsaturated/α-hetero) is 1. The van der Waals surface area contributed by atoms with Crippen molar-refractivity contribution in [3.63, 3.8) is 0 Å². The highest BCUT2D eigenvalue weighted by atomic mass is 32.2. The van der Waals surface area contributed by atoms with Gasteiger partial charge in [0, 0.05) is 35.7 Å². The summed E-state index contributed by atoms with van der Waals surface area (Å²) in [6.45, 7) is 1.92. The number of pyridine rings is 1. The average Bonchev–Trinajstić information content (AvgIpc) is 3.52. The largest absolute Gasteiger partial charge is 0.299 e. The van der Waals surface area contributed by atoms with Gasteiger partial charge >= 0.3 is 0 Å². The van der Waals surface area contributed by atoms with Crippen LogP contribution in [0.1, 0.15) is 35.4 Å². The van der Waals surface area contributed by atoms with Crippen molar-refractivity contribution < 1.29 is 13.2 Å². The molecule has 1 fully saturated rings. The summed E-state index contributed by atoms with van der Waals surface area (Å²) in [7, 11) is -3.65. The Labute approximate surface area is 188 Å². The number of carbonyl (C=O) groups is 1. The van der Waals surface area contributed by atoms with E-state index in [-0.39, 0.29) is 16.6 Å². The van der Waals surface area contributed by atoms with Crippen molar-refractivity contribution in [2.75, 3.05) is 4.72 Å². The van der Waals surface area contributed by atoms with Gasteiger partial charge in [-0.3, -0.25) is 14.5 Å². The molecule has 0 bridgehead atoms. The molecule has 0 saturated heterocycles. The van der Waals surface area contributed by atoms with Crippen molar-refractivity contribution >= 4 is 27.6 Å². The number of rotatable bonds is 7. The van der Waals surface area contributed by atoms with Gasteiger partial charge in [-0.25, -0.2) is 8.42 Å². The smallest absolute Gasteiger partial charge is 0.261 e. The van der Waals surface area contributed by atoms with E-state index < -0.39 is 10.0 Å². The van der Waals surface area contributed by atoms with Crippen LogP contribution in [0.15, 0.2) is 65.6 Å². The number of anilines is 1. The highest BCUT2D eigenvalue weighted by Crippen LogP contribution is 2.34. The first-order valence-corrected chi connectivity index (χ1v) is 12.3. The summed E-state index contributed by atoms with van der Waals surface area (Å²) >= 11 is 0. The van der Waals surface area contributed by atoms with Crippen LogP contribution >= 0.6 is 0 Å². The van der Waals surface area contributed by atoms with Gasteiger partial charge < -0.3 is 0 Å². The number of fused-ring (bicyclic) bond motifs is 1. The van der Waals surface area contributed by atoms with E-state index in [4.69, 9.17) is 4.98 Å². The van der Waals surface area contributed by atoms with Gasteiger partial charge in [-0.1, -0.05) is 42.0 Å². The molecular formula is C26H24N2O3S. The summed E-state index contributed by atoms with van der Waals surface area (Å²) < 4.78 is 28.0. The first-order chi connectivity index (χ1) is 15.4. The first-order valence-electron chi connectivity index (χ1n) is 10.8. The van der Waals surface area contributed by atoms with Gasteiger partial charge in [0.1, 0.15) is 5.78 Å². The lowest BCUT2D eigenvalue weighted by molar-refractivity contribution is -0.119. The van der Waals surface area contributed by atoms with Gasteiger partial charge in [-0.05, 0) is 61.2 Å². The number of benzene rings is 2. The van der Waals surface area contributed by atoms with Crippen molar-refractivity contribution in [3.8, 4) is 11.1 Å². The van der Waals surface area contributed by atoms with Crippen LogP contribution in [0.3, 0.4) is 0 Å². The van der Waals surface area contributed by atoms with Crippen molar-refractivity contribution in [3.05, 3.63) is 83.2 Å². The Kier molecular flexibility index (Phi) is 5.18. The summed E-state index contributed by atoms with van der Waals surface area (Å²) in [5.41, 5.74) is 6.36. The van der Waals surface area contributed by atoms with Crippen LogP contribution in [0.4, 0.5) is 5.69 Å². The number of hydrogen-bond acceptors (Lipinski definition) is 4. The SMILES string of the molecule is Cc1ccc(S(=O)(=O)Nc2ccc(-c3cc(CC(=O)C4CC4)nc4c3C=CC4)cc2)cc1. The number of carbonyl (C=O) groups excluding carboxylic acids is 1. The molecule has 2 aromatic carbocycles. The molecule has 32 heavy (non-hydrogen) atoms. The summed E-state index contributed by atoms with van der Waals surface area (Å²) in [5, 5.41) is 0. The maximum absolute atomic E-state index is 12.7. The lowest BCUT2D eigenvalue weighted by atomic mass is 9.97. The summed E-state index contributed by atoms with van der Waals surface area (Å²) in [4.78, 5) is 17.3. The zero-order chi connectivity index (χ0) is 22.3. The lowest BCUT2D eigenvalue weighted by Gasteiger charge is -2.13. The van der Waals surface area contributed by atoms with Crippen molar-refractivity contribution in [2.45, 2.75) is 37.5 Å². The highest BCUT2D eigenvalue weighted by Gasteiger charge is 2.30. The number of aryl methyl sites for hydroxylation is 1. The van der Waals surface area contributed by atoms with E-state index in [1.165, 1.54) is 0 Å². The van der Waals surface area contributed by atoms with E-state index in [0.29, 0.717) is 12.1 Å². The maximum atomic E-state index is 12.7. The molecule has 2 aliphatic carbocycles. The quantitative estimate of drug-likeness (QED) is 0.559. The molecular weight excluding hydrogens is 420 g/mol. The Bertz CT molecular complexity index is 1320. The van der Waals surface area contributed by atoms with Gasteiger partial charge in [0.25, 0.3) is 10.0 Å². The normalized spacial score (nSPS) is 14.9. The van der Waals surface area contributed by atoms with Crippen LogP contribution in [0.25, 0.3) is 17.2 Å². The number of sulfonamides is 1. The van der Waals surface area contributed by atoms with Crippen LogP contribution in [-0.4, -0.2) is 19.2 Å². The van der Waals surface area contributed by atoms with E-state index in [1.807, 2.05) is 25.1 Å². The minimum absolute atomic E-state index is 0.215. The summed E-state index contributed by atoms with van der Waals surface area (Å²) in [5.74, 6) is 0.489. The molecule has 3 aromatic rings. The standard InChI is InChI=1S/C26H24N2O3S/c1-17-5-13-22(14-6-17)32(30,31)28-20-11-9-18(10-12-20)24-15-21(16-26(29)19-7-8-19)27-25-4-2-3-23(24)25/h2-3,5-6,9-15,19,28H,4,7-8,16H2,1H3. The van der Waals surface area contributed by atoms with Crippen molar-refractivity contribution in [2.24, 2.45) is 5.92 Å². The average molecular weight is 445 g/mol. The number of nitrogens with zero attached hydrogens (tertiary/aromatic N) is 1. The molecule has 0 radical (unpaired) electrons. The molecule has 1 heterocycles. The Morgan fingerprint density at radius 1 is 1.06 bits per heavy atom. The van der Waals surface area contributed by atoms with Crippen LogP contribution in [0.5, 0.6) is 0 Å². The van der Waals surface area contributed by atoms with Crippen LogP contribution in [0.2, 0.25) is 0 Å². The van der Waals surface area contributed by atoms with Gasteiger partial charge in [0.15, 0.2) is 0 Å². The predicted molar refractivity (Wildman–Crippen MR) is 126 cm³/mol. The fourth-order valence-electron chi connectivity index (χ4n) is 4.00. The fourth-order valence-corrected chi connectivity index (χ4v) is 5.06. The Balaban J connectivity index is 1.41. The topological polar surface area (TPSA) is 76.1 Å². The predicted octanol–water partition coefficient (Wildman–Crippen LogP) is 4.95. The number of aromatic nitrogens is 1. The molecule has 2 aliphatic rings.